The van der Waals surface area contributed by atoms with E-state index in [-0.39, 0.29) is 5.56 Å². The number of nitrogens with one attached hydrogen (secondary N) is 1. The van der Waals surface area contributed by atoms with E-state index < -0.39 is 11.7 Å². The topological polar surface area (TPSA) is 50.8 Å². The normalized spacial score (nSPS) is 11.5. The van der Waals surface area contributed by atoms with Gasteiger partial charge >= 0.3 is 0 Å². The third kappa shape index (κ3) is 7.56. The predicted molar refractivity (Wildman–Crippen MR) is 125 cm³/mol. The van der Waals surface area contributed by atoms with Crippen molar-refractivity contribution in [1.29, 1.82) is 0 Å². The molecule has 2 aromatic rings. The van der Waals surface area contributed by atoms with Crippen molar-refractivity contribution < 1.29 is 18.7 Å². The summed E-state index contributed by atoms with van der Waals surface area (Å²) in [7, 11) is 1.57. The van der Waals surface area contributed by atoms with Crippen LogP contribution in [0.3, 0.4) is 0 Å². The van der Waals surface area contributed by atoms with E-state index in [2.05, 4.69) is 37.9 Å². The minimum Gasteiger partial charge on any atom is -0.493 e. The summed E-state index contributed by atoms with van der Waals surface area (Å²) < 4.78 is 25.1. The van der Waals surface area contributed by atoms with Crippen LogP contribution in [-0.2, 0) is 4.79 Å². The lowest BCUT2D eigenvalue weighted by molar-refractivity contribution is -0.111. The fourth-order valence-corrected chi connectivity index (χ4v) is 3.39. The fourth-order valence-electron chi connectivity index (χ4n) is 3.23. The van der Waals surface area contributed by atoms with E-state index in [9.17, 15) is 9.18 Å². The molecule has 0 saturated heterocycles. The molecule has 2 rings (SSSR count). The Morgan fingerprint density at radius 3 is 2.45 bits per heavy atom. The molecule has 0 spiro atoms. The highest BCUT2D eigenvalue weighted by atomic mass is 35.5. The summed E-state index contributed by atoms with van der Waals surface area (Å²) in [4.78, 5) is 14.6. The zero-order valence-corrected chi connectivity index (χ0v) is 19.4. The van der Waals surface area contributed by atoms with Crippen LogP contribution < -0.4 is 14.8 Å². The summed E-state index contributed by atoms with van der Waals surface area (Å²) >= 11 is 5.74. The molecule has 0 heterocycles. The van der Waals surface area contributed by atoms with Gasteiger partial charge in [-0.3, -0.25) is 9.69 Å². The summed E-state index contributed by atoms with van der Waals surface area (Å²) in [6, 6.07) is 10.3. The molecule has 168 valence electrons. The van der Waals surface area contributed by atoms with Gasteiger partial charge < -0.3 is 14.8 Å². The minimum absolute atomic E-state index is 0.276. The number of anilines is 1. The number of hydrogen-bond donors (Lipinski definition) is 1. The number of carbonyl (C=O) groups excluding carboxylic acids is 1. The predicted octanol–water partition coefficient (Wildman–Crippen LogP) is 5.64. The molecule has 0 aromatic heterocycles. The maximum atomic E-state index is 13.8. The Kier molecular flexibility index (Phi) is 9.34. The van der Waals surface area contributed by atoms with Crippen LogP contribution in [0.25, 0.3) is 6.08 Å². The first kappa shape index (κ1) is 24.7. The molecule has 5 nitrogen and oxygen atoms in total. The van der Waals surface area contributed by atoms with Crippen LogP contribution in [0.15, 0.2) is 42.5 Å². The van der Waals surface area contributed by atoms with Crippen molar-refractivity contribution in [2.45, 2.75) is 39.8 Å². The van der Waals surface area contributed by atoms with Crippen LogP contribution in [0.1, 0.15) is 33.3 Å². The van der Waals surface area contributed by atoms with Gasteiger partial charge in [-0.2, -0.15) is 0 Å². The molecule has 31 heavy (non-hydrogen) atoms. The molecule has 0 fully saturated rings. The first-order valence-electron chi connectivity index (χ1n) is 10.2. The van der Waals surface area contributed by atoms with Crippen molar-refractivity contribution in [1.82, 2.24) is 4.90 Å². The number of benzene rings is 2. The van der Waals surface area contributed by atoms with Gasteiger partial charge in [-0.1, -0.05) is 17.7 Å². The maximum Gasteiger partial charge on any atom is 0.248 e. The van der Waals surface area contributed by atoms with Gasteiger partial charge in [0.2, 0.25) is 5.91 Å². The van der Waals surface area contributed by atoms with Crippen molar-refractivity contribution in [3.05, 3.63) is 58.9 Å². The Hall–Kier alpha value is -2.57. The smallest absolute Gasteiger partial charge is 0.248 e. The van der Waals surface area contributed by atoms with Crippen molar-refractivity contribution in [3.63, 3.8) is 0 Å². The summed E-state index contributed by atoms with van der Waals surface area (Å²) in [6.45, 7) is 9.87. The van der Waals surface area contributed by atoms with E-state index >= 15 is 0 Å². The Labute approximate surface area is 188 Å². The number of methoxy groups -OCH3 is 1. The van der Waals surface area contributed by atoms with E-state index in [4.69, 9.17) is 21.1 Å². The fraction of sp³-hybridized carbons (Fsp3) is 0.375. The number of nitrogens with zero attached hydrogens (tertiary/aromatic N) is 1. The molecule has 7 heteroatoms. The van der Waals surface area contributed by atoms with Gasteiger partial charge in [0.15, 0.2) is 11.5 Å². The number of ether oxygens (including phenoxy) is 2. The monoisotopic (exact) mass is 448 g/mol. The maximum absolute atomic E-state index is 13.8. The first-order valence-corrected chi connectivity index (χ1v) is 10.6. The van der Waals surface area contributed by atoms with Crippen molar-refractivity contribution in [3.8, 4) is 11.5 Å². The van der Waals surface area contributed by atoms with Gasteiger partial charge in [0.05, 0.1) is 7.11 Å². The molecule has 2 aromatic carbocycles. The second-order valence-electron chi connectivity index (χ2n) is 7.63. The average molecular weight is 449 g/mol. The molecule has 0 unspecified atom stereocenters. The van der Waals surface area contributed by atoms with E-state index in [0.29, 0.717) is 40.9 Å². The molecule has 0 radical (unpaired) electrons. The number of amides is 1. The molecule has 1 N–H and O–H groups in total. The highest BCUT2D eigenvalue weighted by molar-refractivity contribution is 6.30. The molecule has 0 saturated carbocycles. The highest BCUT2D eigenvalue weighted by Gasteiger charge is 2.14. The molecule has 0 aliphatic carbocycles. The summed E-state index contributed by atoms with van der Waals surface area (Å²) in [5, 5.41) is 3.05. The van der Waals surface area contributed by atoms with E-state index in [0.717, 1.165) is 6.54 Å². The first-order chi connectivity index (χ1) is 14.7. The van der Waals surface area contributed by atoms with E-state index in [1.54, 1.807) is 31.4 Å². The quantitative estimate of drug-likeness (QED) is 0.478. The second kappa shape index (κ2) is 11.7. The number of hydrogen-bond acceptors (Lipinski definition) is 4. The third-order valence-corrected chi connectivity index (χ3v) is 4.98. The second-order valence-corrected chi connectivity index (χ2v) is 8.06. The lowest BCUT2D eigenvalue weighted by atomic mass is 10.2. The number of halogens is 2. The van der Waals surface area contributed by atoms with Gasteiger partial charge in [0, 0.05) is 47.0 Å². The summed E-state index contributed by atoms with van der Waals surface area (Å²) in [5.74, 6) is 0.239. The van der Waals surface area contributed by atoms with Gasteiger partial charge in [0.1, 0.15) is 12.4 Å². The van der Waals surface area contributed by atoms with Gasteiger partial charge in [0.25, 0.3) is 0 Å². The van der Waals surface area contributed by atoms with Gasteiger partial charge in [-0.15, -0.1) is 0 Å². The largest absolute Gasteiger partial charge is 0.493 e. The Balaban J connectivity index is 2.03. The molecule has 0 aliphatic rings. The van der Waals surface area contributed by atoms with Crippen LogP contribution in [-0.4, -0.2) is 43.2 Å². The SMILES string of the molecule is COc1ccc(NC(=O)C=Cc2ccc(Cl)cc2F)cc1OCCN(C(C)C)C(C)C. The van der Waals surface area contributed by atoms with Gasteiger partial charge in [-0.25, -0.2) is 4.39 Å². The Morgan fingerprint density at radius 1 is 1.13 bits per heavy atom. The standard InChI is InChI=1S/C24H30ClFN2O3/c1-16(2)28(17(3)4)12-13-31-23-15-20(9-10-22(23)30-5)27-24(29)11-7-18-6-8-19(25)14-21(18)26/h6-11,14-17H,12-13H2,1-5H3,(H,27,29). The van der Waals surface area contributed by atoms with E-state index in [1.807, 2.05) is 0 Å². The van der Waals surface area contributed by atoms with Gasteiger partial charge in [-0.05, 0) is 58.0 Å². The minimum atomic E-state index is -0.492. The Bertz CT molecular complexity index is 908. The molecule has 0 bridgehead atoms. The molecule has 1 amide bonds. The molecule has 0 atom stereocenters. The Morgan fingerprint density at radius 2 is 1.84 bits per heavy atom. The zero-order chi connectivity index (χ0) is 23.0. The lowest BCUT2D eigenvalue weighted by Crippen LogP contribution is -2.39. The number of carbonyl (C=O) groups is 1. The number of rotatable bonds is 10. The van der Waals surface area contributed by atoms with Crippen molar-refractivity contribution in [2.75, 3.05) is 25.6 Å². The third-order valence-electron chi connectivity index (χ3n) is 4.74. The van der Waals surface area contributed by atoms with Crippen LogP contribution >= 0.6 is 11.6 Å². The summed E-state index contributed by atoms with van der Waals surface area (Å²) in [5.41, 5.74) is 0.824. The highest BCUT2D eigenvalue weighted by Crippen LogP contribution is 2.30. The molecular weight excluding hydrogens is 419 g/mol. The molecular formula is C24H30ClFN2O3. The van der Waals surface area contributed by atoms with Crippen molar-refractivity contribution >= 4 is 29.3 Å². The lowest BCUT2D eigenvalue weighted by Gasteiger charge is -2.30. The van der Waals surface area contributed by atoms with Crippen LogP contribution in [0.2, 0.25) is 5.02 Å². The van der Waals surface area contributed by atoms with Crippen molar-refractivity contribution in [2.24, 2.45) is 0 Å². The average Bonchev–Trinajstić information content (AvgIpc) is 2.70. The zero-order valence-electron chi connectivity index (χ0n) is 18.6. The van der Waals surface area contributed by atoms with Crippen LogP contribution in [0.5, 0.6) is 11.5 Å². The van der Waals surface area contributed by atoms with Crippen LogP contribution in [0, 0.1) is 5.82 Å². The molecule has 0 aliphatic heterocycles. The van der Waals surface area contributed by atoms with E-state index in [1.165, 1.54) is 24.3 Å². The summed E-state index contributed by atoms with van der Waals surface area (Å²) in [6.07, 6.45) is 2.66. The van der Waals surface area contributed by atoms with Crippen LogP contribution in [0.4, 0.5) is 10.1 Å².